The summed E-state index contributed by atoms with van der Waals surface area (Å²) >= 11 is 0. The number of carbonyl (C=O) groups is 4. The summed E-state index contributed by atoms with van der Waals surface area (Å²) in [5.74, 6) is -2.07. The Morgan fingerprint density at radius 2 is 1.88 bits per heavy atom. The number of primary amides is 1. The van der Waals surface area contributed by atoms with E-state index in [1.807, 2.05) is 13.8 Å². The van der Waals surface area contributed by atoms with Crippen LogP contribution in [-0.2, 0) is 28.6 Å². The molecule has 0 radical (unpaired) electrons. The van der Waals surface area contributed by atoms with E-state index in [-0.39, 0.29) is 47.8 Å². The number of nitrogens with two attached hydrogens (primary N) is 1. The minimum absolute atomic E-state index is 0.119. The minimum atomic E-state index is -0.945. The summed E-state index contributed by atoms with van der Waals surface area (Å²) in [7, 11) is 2.99. The van der Waals surface area contributed by atoms with Crippen LogP contribution in [0.1, 0.15) is 47.0 Å². The van der Waals surface area contributed by atoms with Gasteiger partial charge in [-0.3, -0.25) is 14.4 Å². The number of Topliss-reactive ketones (excluding diaryl/α,β-unsaturated/α-hetero) is 1. The first-order valence-electron chi connectivity index (χ1n) is 14.3. The Hall–Kier alpha value is -3.80. The lowest BCUT2D eigenvalue weighted by molar-refractivity contribution is -0.120. The molecular weight excluding hydrogens is 554 g/mol. The fourth-order valence-electron chi connectivity index (χ4n) is 5.06. The number of methoxy groups -OCH3 is 2. The number of carbonyl (C=O) groups excluding carboxylic acids is 4. The van der Waals surface area contributed by atoms with Crippen LogP contribution in [0.15, 0.2) is 71.1 Å². The Morgan fingerprint density at radius 1 is 1.19 bits per heavy atom. The second kappa shape index (κ2) is 16.7. The molecule has 1 aliphatic heterocycles. The fraction of sp³-hybridized carbons (Fsp3) is 0.500. The number of aliphatic hydroxyl groups excluding tert-OH is 1. The van der Waals surface area contributed by atoms with E-state index in [0.717, 1.165) is 6.08 Å². The van der Waals surface area contributed by atoms with Gasteiger partial charge >= 0.3 is 6.09 Å². The van der Waals surface area contributed by atoms with E-state index >= 15 is 0 Å². The maximum Gasteiger partial charge on any atom is 0.405 e. The Bertz CT molecular complexity index is 1230. The fourth-order valence-corrected chi connectivity index (χ4v) is 5.06. The standard InChI is InChI=1S/C32H45N3O8/c1-8-12-34-28-23-13-18(2)14-27(42-7)29(37)21(5)15-20(4)26(43-32(33)40)16-22(41-6)11-9-10-19(3)31(39)35-24(30(23)38)17-25(28)36/h8-11,15,17-18,21-22,26-27,29,34,37H,1,12-14,16H2,2-7H3,(H2,33,40)(H,35,39)/b11-9-,19-10-,20-15-/t18-,21+,22+,26-,27+,29-/m1/s1. The largest absolute Gasteiger partial charge is 0.442 e. The van der Waals surface area contributed by atoms with Gasteiger partial charge in [0.25, 0.3) is 5.91 Å². The summed E-state index contributed by atoms with van der Waals surface area (Å²) in [6, 6.07) is 0. The van der Waals surface area contributed by atoms with E-state index in [2.05, 4.69) is 17.2 Å². The van der Waals surface area contributed by atoms with Crippen LogP contribution >= 0.6 is 0 Å². The average Bonchev–Trinajstić information content (AvgIpc) is 2.95. The molecule has 0 saturated heterocycles. The van der Waals surface area contributed by atoms with E-state index < -0.39 is 53.9 Å². The van der Waals surface area contributed by atoms with Gasteiger partial charge in [-0.1, -0.05) is 44.2 Å². The smallest absolute Gasteiger partial charge is 0.405 e. The zero-order valence-corrected chi connectivity index (χ0v) is 25.8. The molecule has 1 heterocycles. The van der Waals surface area contributed by atoms with Crippen LogP contribution in [0.2, 0.25) is 0 Å². The van der Waals surface area contributed by atoms with Gasteiger partial charge < -0.3 is 35.7 Å². The molecule has 0 unspecified atom stereocenters. The molecule has 2 rings (SSSR count). The highest BCUT2D eigenvalue weighted by Crippen LogP contribution is 2.28. The summed E-state index contributed by atoms with van der Waals surface area (Å²) < 4.78 is 16.6. The Labute approximate surface area is 253 Å². The van der Waals surface area contributed by atoms with Crippen molar-refractivity contribution in [1.29, 1.82) is 0 Å². The van der Waals surface area contributed by atoms with Crippen molar-refractivity contribution in [2.24, 2.45) is 17.6 Å². The third-order valence-electron chi connectivity index (χ3n) is 7.49. The molecule has 0 aromatic heterocycles. The quantitative estimate of drug-likeness (QED) is 0.265. The van der Waals surface area contributed by atoms with E-state index in [1.165, 1.54) is 14.2 Å². The third-order valence-corrected chi connectivity index (χ3v) is 7.49. The van der Waals surface area contributed by atoms with Crippen LogP contribution in [-0.4, -0.2) is 73.9 Å². The molecule has 0 fully saturated rings. The zero-order chi connectivity index (χ0) is 32.3. The molecule has 2 bridgehead atoms. The van der Waals surface area contributed by atoms with E-state index in [4.69, 9.17) is 19.9 Å². The Balaban J connectivity index is 2.58. The van der Waals surface area contributed by atoms with Crippen molar-refractivity contribution in [1.82, 2.24) is 10.6 Å². The number of hydrogen-bond donors (Lipinski definition) is 4. The number of ketones is 2. The zero-order valence-electron chi connectivity index (χ0n) is 25.8. The van der Waals surface area contributed by atoms with Gasteiger partial charge in [-0.2, -0.15) is 0 Å². The van der Waals surface area contributed by atoms with Gasteiger partial charge in [0.1, 0.15) is 6.10 Å². The number of aliphatic hydroxyl groups is 1. The molecule has 6 atom stereocenters. The van der Waals surface area contributed by atoms with E-state index in [9.17, 15) is 24.3 Å². The van der Waals surface area contributed by atoms with Gasteiger partial charge in [-0.25, -0.2) is 4.79 Å². The van der Waals surface area contributed by atoms with Crippen molar-refractivity contribution in [2.75, 3.05) is 20.8 Å². The predicted octanol–water partition coefficient (Wildman–Crippen LogP) is 2.93. The molecule has 0 aromatic carbocycles. The molecule has 0 aromatic rings. The summed E-state index contributed by atoms with van der Waals surface area (Å²) in [6.45, 7) is 11.0. The molecule has 236 valence electrons. The minimum Gasteiger partial charge on any atom is -0.442 e. The number of rotatable bonds is 6. The van der Waals surface area contributed by atoms with E-state index in [0.29, 0.717) is 12.0 Å². The number of ether oxygens (including phenoxy) is 3. The maximum atomic E-state index is 13.6. The van der Waals surface area contributed by atoms with Crippen LogP contribution in [0.25, 0.3) is 0 Å². The topological polar surface area (TPSA) is 166 Å². The highest BCUT2D eigenvalue weighted by molar-refractivity contribution is 6.23. The number of fused-ring (bicyclic) bond motifs is 2. The molecule has 11 nitrogen and oxygen atoms in total. The molecule has 5 N–H and O–H groups in total. The molecule has 2 amide bonds. The van der Waals surface area contributed by atoms with Crippen molar-refractivity contribution in [3.05, 3.63) is 71.1 Å². The van der Waals surface area contributed by atoms with Gasteiger partial charge in [0.05, 0.1) is 29.7 Å². The first kappa shape index (κ1) is 35.4. The van der Waals surface area contributed by atoms with Crippen LogP contribution in [0, 0.1) is 11.8 Å². The molecule has 0 spiro atoms. The third kappa shape index (κ3) is 10.2. The highest BCUT2D eigenvalue weighted by Gasteiger charge is 2.33. The molecule has 0 saturated carbocycles. The molecule has 43 heavy (non-hydrogen) atoms. The van der Waals surface area contributed by atoms with Gasteiger partial charge in [0.2, 0.25) is 11.6 Å². The summed E-state index contributed by atoms with van der Waals surface area (Å²) in [6.07, 6.45) is 6.36. The van der Waals surface area contributed by atoms with Gasteiger partial charge in [0, 0.05) is 50.3 Å². The van der Waals surface area contributed by atoms with Crippen molar-refractivity contribution >= 4 is 23.6 Å². The molecule has 11 heteroatoms. The van der Waals surface area contributed by atoms with Gasteiger partial charge in [0.15, 0.2) is 0 Å². The SMILES string of the molecule is C=CCNC1=C2C[C@@H](C)C[C@H](OC)[C@H](O)[C@@H](C)/C=C(/C)[C@H](OC(N)=O)C[C@@H](OC)/C=C\C=C(\C)C(=O)NC(=CC1=O)C2=O. The number of amides is 2. The summed E-state index contributed by atoms with van der Waals surface area (Å²) in [4.78, 5) is 51.3. The van der Waals surface area contributed by atoms with Crippen LogP contribution in [0.5, 0.6) is 0 Å². The highest BCUT2D eigenvalue weighted by atomic mass is 16.6. The lowest BCUT2D eigenvalue weighted by Crippen LogP contribution is -2.37. The first-order valence-corrected chi connectivity index (χ1v) is 14.3. The monoisotopic (exact) mass is 599 g/mol. The second-order valence-corrected chi connectivity index (χ2v) is 11.0. The summed E-state index contributed by atoms with van der Waals surface area (Å²) in [5, 5.41) is 16.8. The molecular formula is C32H45N3O8. The van der Waals surface area contributed by atoms with Crippen molar-refractivity contribution < 1.29 is 38.5 Å². The van der Waals surface area contributed by atoms with Gasteiger partial charge in [-0.05, 0) is 38.2 Å². The van der Waals surface area contributed by atoms with E-state index in [1.54, 1.807) is 44.2 Å². The average molecular weight is 600 g/mol. The predicted molar refractivity (Wildman–Crippen MR) is 162 cm³/mol. The van der Waals surface area contributed by atoms with Crippen LogP contribution in [0.3, 0.4) is 0 Å². The lowest BCUT2D eigenvalue weighted by atomic mass is 9.85. The van der Waals surface area contributed by atoms with Crippen molar-refractivity contribution in [2.45, 2.75) is 71.4 Å². The normalized spacial score (nSPS) is 31.4. The van der Waals surface area contributed by atoms with Crippen LogP contribution < -0.4 is 16.4 Å². The number of nitrogens with one attached hydrogen (secondary N) is 2. The summed E-state index contributed by atoms with van der Waals surface area (Å²) in [5.41, 5.74) is 6.56. The first-order chi connectivity index (χ1) is 20.3. The van der Waals surface area contributed by atoms with Crippen molar-refractivity contribution in [3.63, 3.8) is 0 Å². The maximum absolute atomic E-state index is 13.6. The number of hydrogen-bond acceptors (Lipinski definition) is 9. The lowest BCUT2D eigenvalue weighted by Gasteiger charge is -2.29. The molecule has 2 aliphatic rings. The Morgan fingerprint density at radius 3 is 2.49 bits per heavy atom. The Kier molecular flexibility index (Phi) is 13.8. The van der Waals surface area contributed by atoms with Crippen molar-refractivity contribution in [3.8, 4) is 0 Å². The van der Waals surface area contributed by atoms with Crippen LogP contribution in [0.4, 0.5) is 4.79 Å². The number of allylic oxidation sites excluding steroid dienone is 4. The van der Waals surface area contributed by atoms with Gasteiger partial charge in [-0.15, -0.1) is 6.58 Å². The second-order valence-electron chi connectivity index (χ2n) is 11.0. The molecule has 1 aliphatic carbocycles.